The van der Waals surface area contributed by atoms with Crippen molar-refractivity contribution in [2.75, 3.05) is 0 Å². The van der Waals surface area contributed by atoms with E-state index in [4.69, 9.17) is 23.2 Å². The largest absolute Gasteiger partial charge is 0.205 e. The van der Waals surface area contributed by atoms with Crippen LogP contribution in [0.25, 0.3) is 66.8 Å². The highest BCUT2D eigenvalue weighted by Crippen LogP contribution is 2.43. The third-order valence-corrected chi connectivity index (χ3v) is 26.0. The zero-order valence-corrected chi connectivity index (χ0v) is 72.8. The predicted octanol–water partition coefficient (Wildman–Crippen LogP) is 35.4. The molecule has 0 bridgehead atoms. The van der Waals surface area contributed by atoms with Crippen LogP contribution in [-0.4, -0.2) is 0 Å². The first-order valence-electron chi connectivity index (χ1n) is 42.7. The molecule has 120 heavy (non-hydrogen) atoms. The molecule has 4 saturated carbocycles. The van der Waals surface area contributed by atoms with Gasteiger partial charge in [-0.1, -0.05) is 332 Å². The van der Waals surface area contributed by atoms with Crippen molar-refractivity contribution >= 4 is 23.2 Å². The van der Waals surface area contributed by atoms with E-state index in [9.17, 15) is 43.9 Å². The van der Waals surface area contributed by atoms with Crippen LogP contribution in [0.5, 0.6) is 0 Å². The van der Waals surface area contributed by atoms with Crippen molar-refractivity contribution in [3.05, 3.63) is 353 Å². The second-order valence-electron chi connectivity index (χ2n) is 34.4. The van der Waals surface area contributed by atoms with Gasteiger partial charge in [0, 0.05) is 39.1 Å². The lowest BCUT2D eigenvalue weighted by molar-refractivity contribution is 0.348. The first-order valence-corrected chi connectivity index (χ1v) is 43.4. The highest BCUT2D eigenvalue weighted by Gasteiger charge is 2.26. The van der Waals surface area contributed by atoms with Crippen LogP contribution in [0, 0.1) is 137 Å². The zero-order chi connectivity index (χ0) is 86.2. The van der Waals surface area contributed by atoms with Crippen LogP contribution in [0.3, 0.4) is 0 Å². The van der Waals surface area contributed by atoms with Gasteiger partial charge in [0.2, 0.25) is 0 Å². The second kappa shape index (κ2) is 42.3. The second-order valence-corrected chi connectivity index (χ2v) is 35.2. The van der Waals surface area contributed by atoms with Crippen LogP contribution in [-0.2, 0) is 0 Å². The van der Waals surface area contributed by atoms with E-state index >= 15 is 0 Å². The Morgan fingerprint density at radius 3 is 0.542 bits per heavy atom. The van der Waals surface area contributed by atoms with E-state index < -0.39 is 46.5 Å². The molecule has 0 nitrogen and oxygen atoms in total. The minimum Gasteiger partial charge on any atom is -0.205 e. The van der Waals surface area contributed by atoms with Gasteiger partial charge in [0.05, 0.1) is 10.0 Å². The van der Waals surface area contributed by atoms with E-state index in [0.29, 0.717) is 90.4 Å². The topological polar surface area (TPSA) is 0 Å². The summed E-state index contributed by atoms with van der Waals surface area (Å²) in [5.74, 6) is -0.724. The molecule has 0 radical (unpaired) electrons. The standard InChI is InChI=1S/2C20H22ClF.2C20H22F2.2C14H12F2.4H2/c2*1-13-3-6-15(7-4-13)16-8-10-17(11-9-16)18-12-5-14(2)20(22)19(18)21;2*1-13-3-6-15(7-4-13)16-8-10-17(11-9-16)18-12-5-14(2)19(21)20(18)22;2*1-9-3-6-11(7-4-9)12-8-5-10(2)13(15)14(12)16;;;;/h4*5,8-13,15H,3-4,6-7H2,1-2H3;2*3-8H,1-2H3;4*1H. The summed E-state index contributed by atoms with van der Waals surface area (Å²) < 4.78 is 138. The summed E-state index contributed by atoms with van der Waals surface area (Å²) in [5.41, 5.74) is 17.8. The molecule has 12 aromatic carbocycles. The highest BCUT2D eigenvalue weighted by molar-refractivity contribution is 6.34. The molecule has 0 amide bonds. The van der Waals surface area contributed by atoms with Crippen molar-refractivity contribution in [3.8, 4) is 66.8 Å². The van der Waals surface area contributed by atoms with E-state index in [1.54, 1.807) is 126 Å². The Balaban J connectivity index is 0.000000204. The first kappa shape index (κ1) is 91.3. The van der Waals surface area contributed by atoms with Crippen LogP contribution in [0.4, 0.5) is 43.9 Å². The molecule has 0 unspecified atom stereocenters. The smallest absolute Gasteiger partial charge is 0.166 e. The van der Waals surface area contributed by atoms with Crippen molar-refractivity contribution < 1.29 is 49.6 Å². The Hall–Kier alpha value is -9.48. The van der Waals surface area contributed by atoms with Gasteiger partial charge < -0.3 is 0 Å². The molecule has 4 fully saturated rings. The van der Waals surface area contributed by atoms with E-state index in [1.807, 2.05) is 74.5 Å². The Morgan fingerprint density at radius 2 is 0.350 bits per heavy atom. The molecule has 12 aromatic rings. The summed E-state index contributed by atoms with van der Waals surface area (Å²) in [7, 11) is 0. The van der Waals surface area contributed by atoms with Crippen LogP contribution in [0.1, 0.15) is 227 Å². The maximum atomic E-state index is 14.1. The molecule has 0 aromatic heterocycles. The Kier molecular flexibility index (Phi) is 32.2. The average molecular weight is 1680 g/mol. The monoisotopic (exact) mass is 1680 g/mol. The van der Waals surface area contributed by atoms with E-state index in [0.717, 1.165) is 68.2 Å². The fourth-order valence-electron chi connectivity index (χ4n) is 16.8. The molecule has 16 rings (SSSR count). The molecule has 12 heteroatoms. The van der Waals surface area contributed by atoms with Crippen LogP contribution in [0.2, 0.25) is 10.0 Å². The van der Waals surface area contributed by atoms with Gasteiger partial charge in [-0.05, 0) is 243 Å². The molecule has 0 atom stereocenters. The quantitative estimate of drug-likeness (QED) is 0.120. The fraction of sp³-hybridized carbons (Fsp3) is 0.333. The van der Waals surface area contributed by atoms with Crippen molar-refractivity contribution in [2.45, 2.75) is 209 Å². The first-order chi connectivity index (χ1) is 57.4. The summed E-state index contributed by atoms with van der Waals surface area (Å²) in [6, 6.07) is 68.1. The summed E-state index contributed by atoms with van der Waals surface area (Å²) in [6.45, 7) is 22.9. The van der Waals surface area contributed by atoms with Gasteiger partial charge in [0.15, 0.2) is 46.5 Å². The molecular formula is C108H120Cl2F10. The lowest BCUT2D eigenvalue weighted by atomic mass is 9.79. The summed E-state index contributed by atoms with van der Waals surface area (Å²) in [5, 5.41) is 0.443. The van der Waals surface area contributed by atoms with Gasteiger partial charge in [-0.15, -0.1) is 0 Å². The van der Waals surface area contributed by atoms with Crippen molar-refractivity contribution in [1.29, 1.82) is 0 Å². The number of rotatable bonds is 10. The average Bonchev–Trinajstić information content (AvgIpc) is 0.821. The Labute approximate surface area is 721 Å². The van der Waals surface area contributed by atoms with Gasteiger partial charge in [0.25, 0.3) is 0 Å². The maximum Gasteiger partial charge on any atom is 0.166 e. The zero-order valence-electron chi connectivity index (χ0n) is 71.3. The van der Waals surface area contributed by atoms with Crippen LogP contribution >= 0.6 is 23.2 Å². The maximum absolute atomic E-state index is 14.1. The van der Waals surface area contributed by atoms with Crippen molar-refractivity contribution in [1.82, 2.24) is 0 Å². The minimum absolute atomic E-state index is 0. The van der Waals surface area contributed by atoms with Gasteiger partial charge in [-0.25, -0.2) is 43.9 Å². The predicted molar refractivity (Wildman–Crippen MR) is 489 cm³/mol. The molecule has 0 spiro atoms. The summed E-state index contributed by atoms with van der Waals surface area (Å²) in [6.07, 6.45) is 20.4. The normalized spacial score (nSPS) is 18.8. The molecular weight excluding hydrogens is 1560 g/mol. The van der Waals surface area contributed by atoms with E-state index in [1.165, 1.54) is 125 Å². The van der Waals surface area contributed by atoms with Gasteiger partial charge >= 0.3 is 0 Å². The molecule has 4 aliphatic rings. The van der Waals surface area contributed by atoms with Crippen molar-refractivity contribution in [3.63, 3.8) is 0 Å². The molecule has 0 saturated heterocycles. The summed E-state index contributed by atoms with van der Waals surface area (Å²) in [4.78, 5) is 0. The van der Waals surface area contributed by atoms with Gasteiger partial charge in [0.1, 0.15) is 11.6 Å². The lowest BCUT2D eigenvalue weighted by Crippen LogP contribution is -2.10. The number of hydrogen-bond acceptors (Lipinski definition) is 0. The molecule has 0 N–H and O–H groups in total. The molecule has 0 heterocycles. The number of halogens is 12. The Morgan fingerprint density at radius 1 is 0.192 bits per heavy atom. The number of benzene rings is 12. The lowest BCUT2D eigenvalue weighted by Gasteiger charge is -2.26. The highest BCUT2D eigenvalue weighted by atomic mass is 35.5. The van der Waals surface area contributed by atoms with Crippen LogP contribution < -0.4 is 0 Å². The molecule has 0 aliphatic heterocycles. The minimum atomic E-state index is -0.774. The molecule has 636 valence electrons. The number of aryl methyl sites for hydroxylation is 8. The van der Waals surface area contributed by atoms with Crippen LogP contribution in [0.15, 0.2) is 218 Å². The fourth-order valence-corrected chi connectivity index (χ4v) is 17.4. The SMILES string of the molecule is Cc1ccc(-c2ccc(C)c(F)c2F)cc1.Cc1ccc(-c2ccc(C)c(F)c2F)cc1.Cc1ccc(-c2ccc(C3CCC(C)CC3)cc2)c(Cl)c1F.Cc1ccc(-c2ccc(C3CCC(C)CC3)cc2)c(Cl)c1F.Cc1ccc(-c2ccc(C3CCC(C)CC3)cc2)c(F)c1F.Cc1ccc(-c2ccc(C3CCC(C)CC3)cc2)c(F)c1F.[HH].[HH].[HH].[HH]. The van der Waals surface area contributed by atoms with Gasteiger partial charge in [-0.2, -0.15) is 0 Å². The Bertz CT molecular complexity index is 4820. The van der Waals surface area contributed by atoms with Crippen molar-refractivity contribution in [2.24, 2.45) is 23.7 Å². The van der Waals surface area contributed by atoms with E-state index in [2.05, 4.69) is 100 Å². The molecule has 4 aliphatic carbocycles. The summed E-state index contributed by atoms with van der Waals surface area (Å²) >= 11 is 12.3. The third kappa shape index (κ3) is 23.2. The number of hydrogen-bond donors (Lipinski definition) is 0. The van der Waals surface area contributed by atoms with Gasteiger partial charge in [-0.3, -0.25) is 0 Å². The third-order valence-electron chi connectivity index (χ3n) is 25.2. The van der Waals surface area contributed by atoms with E-state index in [-0.39, 0.29) is 27.4 Å².